The van der Waals surface area contributed by atoms with E-state index in [4.69, 9.17) is 4.74 Å². The third-order valence-corrected chi connectivity index (χ3v) is 3.70. The van der Waals surface area contributed by atoms with Crippen molar-refractivity contribution < 1.29 is 18.8 Å². The molecule has 9 heteroatoms. The average Bonchev–Trinajstić information content (AvgIpc) is 3.08. The van der Waals surface area contributed by atoms with Gasteiger partial charge in [0.2, 0.25) is 0 Å². The van der Waals surface area contributed by atoms with Crippen LogP contribution < -0.4 is 0 Å². The van der Waals surface area contributed by atoms with Gasteiger partial charge in [-0.15, -0.1) is 0 Å². The van der Waals surface area contributed by atoms with Crippen molar-refractivity contribution in [2.24, 2.45) is 0 Å². The number of benzene rings is 1. The van der Waals surface area contributed by atoms with Crippen LogP contribution in [-0.2, 0) is 4.74 Å². The van der Waals surface area contributed by atoms with Crippen molar-refractivity contribution in [2.45, 2.75) is 32.4 Å². The first-order valence-electron chi connectivity index (χ1n) is 8.48. The Morgan fingerprint density at radius 3 is 2.56 bits per heavy atom. The molecule has 1 aromatic carbocycles. The number of carbonyl (C=O) groups is 1. The molecule has 0 radical (unpaired) electrons. The van der Waals surface area contributed by atoms with E-state index in [9.17, 15) is 19.3 Å². The number of carbonyl (C=O) groups excluding carboxylic acids is 1. The maximum Gasteiger partial charge on any atom is 0.410 e. The Morgan fingerprint density at radius 1 is 1.37 bits per heavy atom. The van der Waals surface area contributed by atoms with Gasteiger partial charge < -0.3 is 9.64 Å². The molecular formula is C18H23FN4O4. The van der Waals surface area contributed by atoms with Gasteiger partial charge in [0.25, 0.3) is 0 Å². The number of alkyl halides is 1. The minimum atomic E-state index is -0.736. The summed E-state index contributed by atoms with van der Waals surface area (Å²) in [5, 5.41) is 15.0. The summed E-state index contributed by atoms with van der Waals surface area (Å²) in [6.07, 6.45) is 1.78. The molecule has 8 nitrogen and oxygen atoms in total. The van der Waals surface area contributed by atoms with E-state index in [0.29, 0.717) is 0 Å². The van der Waals surface area contributed by atoms with E-state index in [1.807, 2.05) is 30.3 Å². The van der Waals surface area contributed by atoms with E-state index in [1.165, 1.54) is 15.8 Å². The van der Waals surface area contributed by atoms with Crippen LogP contribution in [0.5, 0.6) is 0 Å². The molecule has 0 fully saturated rings. The lowest BCUT2D eigenvalue weighted by atomic mass is 10.1. The Labute approximate surface area is 156 Å². The van der Waals surface area contributed by atoms with Crippen molar-refractivity contribution in [2.75, 3.05) is 19.8 Å². The molecule has 27 heavy (non-hydrogen) atoms. The summed E-state index contributed by atoms with van der Waals surface area (Å²) in [6, 6.07) is 8.57. The molecule has 0 bridgehead atoms. The van der Waals surface area contributed by atoms with E-state index in [-0.39, 0.29) is 18.8 Å². The molecule has 1 amide bonds. The predicted octanol–water partition coefficient (Wildman–Crippen LogP) is 3.59. The normalized spacial score (nSPS) is 12.4. The first-order valence-corrected chi connectivity index (χ1v) is 8.48. The van der Waals surface area contributed by atoms with Crippen LogP contribution in [0.25, 0.3) is 0 Å². The van der Waals surface area contributed by atoms with Crippen LogP contribution >= 0.6 is 0 Å². The highest BCUT2D eigenvalue weighted by Crippen LogP contribution is 2.22. The van der Waals surface area contributed by atoms with Crippen molar-refractivity contribution in [3.63, 3.8) is 0 Å². The first-order chi connectivity index (χ1) is 12.7. The van der Waals surface area contributed by atoms with Gasteiger partial charge in [-0.2, -0.15) is 5.10 Å². The Hall–Kier alpha value is -2.97. The fourth-order valence-electron chi connectivity index (χ4n) is 2.50. The number of nitro groups is 1. The van der Waals surface area contributed by atoms with Crippen LogP contribution in [0.4, 0.5) is 14.9 Å². The second-order valence-corrected chi connectivity index (χ2v) is 6.98. The Kier molecular flexibility index (Phi) is 6.49. The summed E-state index contributed by atoms with van der Waals surface area (Å²) in [6.45, 7) is 4.35. The second-order valence-electron chi connectivity index (χ2n) is 6.98. The highest BCUT2D eigenvalue weighted by molar-refractivity contribution is 5.68. The zero-order valence-electron chi connectivity index (χ0n) is 15.5. The Morgan fingerprint density at radius 2 is 2.04 bits per heavy atom. The molecule has 0 saturated heterocycles. The molecule has 1 aromatic heterocycles. The summed E-state index contributed by atoms with van der Waals surface area (Å²) >= 11 is 0. The lowest BCUT2D eigenvalue weighted by molar-refractivity contribution is -0.385. The first kappa shape index (κ1) is 20.3. The topological polar surface area (TPSA) is 90.5 Å². The molecule has 0 N–H and O–H groups in total. The van der Waals surface area contributed by atoms with Crippen molar-refractivity contribution in [3.8, 4) is 0 Å². The molecule has 0 aliphatic heterocycles. The van der Waals surface area contributed by atoms with Gasteiger partial charge in [-0.05, 0) is 26.3 Å². The molecule has 0 aliphatic rings. The zero-order valence-corrected chi connectivity index (χ0v) is 15.5. The van der Waals surface area contributed by atoms with Crippen LogP contribution in [0.1, 0.15) is 32.4 Å². The Balaban J connectivity index is 2.33. The average molecular weight is 378 g/mol. The van der Waals surface area contributed by atoms with E-state index in [1.54, 1.807) is 20.8 Å². The molecule has 1 heterocycles. The number of hydrogen-bond acceptors (Lipinski definition) is 5. The lowest BCUT2D eigenvalue weighted by Crippen LogP contribution is -2.41. The number of aromatic nitrogens is 2. The van der Waals surface area contributed by atoms with Gasteiger partial charge in [-0.1, -0.05) is 30.3 Å². The molecule has 146 valence electrons. The van der Waals surface area contributed by atoms with E-state index >= 15 is 0 Å². The minimum Gasteiger partial charge on any atom is -0.444 e. The molecule has 2 rings (SSSR count). The predicted molar refractivity (Wildman–Crippen MR) is 97.2 cm³/mol. The molecule has 1 unspecified atom stereocenters. The van der Waals surface area contributed by atoms with Crippen molar-refractivity contribution in [3.05, 3.63) is 58.4 Å². The van der Waals surface area contributed by atoms with Gasteiger partial charge in [-0.25, -0.2) is 9.18 Å². The highest BCUT2D eigenvalue weighted by atomic mass is 19.1. The minimum absolute atomic E-state index is 0.0572. The number of nitrogens with zero attached hydrogens (tertiary/aromatic N) is 4. The maximum absolute atomic E-state index is 13.0. The van der Waals surface area contributed by atoms with Crippen LogP contribution in [-0.4, -0.2) is 51.1 Å². The zero-order chi connectivity index (χ0) is 20.0. The Bertz CT molecular complexity index is 773. The smallest absolute Gasteiger partial charge is 0.410 e. The monoisotopic (exact) mass is 378 g/mol. The van der Waals surface area contributed by atoms with Crippen LogP contribution in [0.3, 0.4) is 0 Å². The molecule has 0 aliphatic carbocycles. The van der Waals surface area contributed by atoms with E-state index < -0.39 is 29.3 Å². The van der Waals surface area contributed by atoms with Crippen molar-refractivity contribution >= 4 is 11.8 Å². The van der Waals surface area contributed by atoms with E-state index in [0.717, 1.165) is 11.8 Å². The second kappa shape index (κ2) is 8.61. The molecule has 0 saturated carbocycles. The van der Waals surface area contributed by atoms with Gasteiger partial charge in [0.15, 0.2) is 0 Å². The molecular weight excluding hydrogens is 355 g/mol. The number of halogens is 1. The number of rotatable bonds is 7. The fraction of sp³-hybridized carbons (Fsp3) is 0.444. The summed E-state index contributed by atoms with van der Waals surface area (Å²) in [7, 11) is 0. The largest absolute Gasteiger partial charge is 0.444 e. The van der Waals surface area contributed by atoms with Gasteiger partial charge in [0, 0.05) is 0 Å². The fourth-order valence-corrected chi connectivity index (χ4v) is 2.50. The van der Waals surface area contributed by atoms with Crippen molar-refractivity contribution in [1.29, 1.82) is 0 Å². The van der Waals surface area contributed by atoms with Gasteiger partial charge in [0.1, 0.15) is 24.7 Å². The van der Waals surface area contributed by atoms with Crippen LogP contribution in [0, 0.1) is 10.1 Å². The van der Waals surface area contributed by atoms with Crippen molar-refractivity contribution in [1.82, 2.24) is 14.7 Å². The lowest BCUT2D eigenvalue weighted by Gasteiger charge is -2.30. The summed E-state index contributed by atoms with van der Waals surface area (Å²) < 4.78 is 19.8. The molecule has 2 aromatic rings. The quantitative estimate of drug-likeness (QED) is 0.542. The molecule has 1 atom stereocenters. The van der Waals surface area contributed by atoms with Crippen LogP contribution in [0.2, 0.25) is 0 Å². The number of ether oxygens (including phenoxy) is 1. The SMILES string of the molecule is CC(C)(C)OC(=O)N(CCF)CC(c1ccccc1)n1cc([N+](=O)[O-])cn1. The van der Waals surface area contributed by atoms with E-state index in [2.05, 4.69) is 5.10 Å². The summed E-state index contributed by atoms with van der Waals surface area (Å²) in [5.74, 6) is 0. The number of amides is 1. The standard InChI is InChI=1S/C18H23FN4O4/c1-18(2,3)27-17(24)21(10-9-19)13-16(14-7-5-4-6-8-14)22-12-15(11-20-22)23(25)26/h4-8,11-12,16H,9-10,13H2,1-3H3. The van der Waals surface area contributed by atoms with Gasteiger partial charge in [0.05, 0.1) is 24.1 Å². The highest BCUT2D eigenvalue weighted by Gasteiger charge is 2.27. The maximum atomic E-state index is 13.0. The number of hydrogen-bond donors (Lipinski definition) is 0. The third kappa shape index (κ3) is 5.77. The van der Waals surface area contributed by atoms with Crippen LogP contribution in [0.15, 0.2) is 42.7 Å². The summed E-state index contributed by atoms with van der Waals surface area (Å²) in [5.41, 5.74) is -0.105. The molecule has 0 spiro atoms. The summed E-state index contributed by atoms with van der Waals surface area (Å²) in [4.78, 5) is 24.1. The van der Waals surface area contributed by atoms with Gasteiger partial charge >= 0.3 is 11.8 Å². The third-order valence-electron chi connectivity index (χ3n) is 3.70. The van der Waals surface area contributed by atoms with Gasteiger partial charge in [-0.3, -0.25) is 14.8 Å².